The van der Waals surface area contributed by atoms with E-state index in [-0.39, 0.29) is 10.8 Å². The van der Waals surface area contributed by atoms with Gasteiger partial charge in [0.2, 0.25) is 0 Å². The Labute approximate surface area is 140 Å². The summed E-state index contributed by atoms with van der Waals surface area (Å²) >= 11 is 0. The van der Waals surface area contributed by atoms with Crippen molar-refractivity contribution < 1.29 is 9.90 Å². The standard InChI is InChI=1S/C21H32O2/c1-4-21-12-9-17-16(18(21)8-11-20(21,3)23)6-5-14-13-15(22)7-10-19(14,17)2/h13,16-18,23H,4-12H2,1-3H3. The molecule has 3 fully saturated rings. The second-order valence-corrected chi connectivity index (χ2v) is 9.33. The predicted molar refractivity (Wildman–Crippen MR) is 92.0 cm³/mol. The number of carbonyl (C=O) groups is 1. The summed E-state index contributed by atoms with van der Waals surface area (Å²) in [5.41, 5.74) is 1.38. The van der Waals surface area contributed by atoms with E-state index in [1.807, 2.05) is 6.08 Å². The number of ketones is 1. The molecule has 0 saturated heterocycles. The third-order valence-electron chi connectivity index (χ3n) is 8.82. The lowest BCUT2D eigenvalue weighted by atomic mass is 9.46. The molecule has 0 amide bonds. The Balaban J connectivity index is 1.71. The van der Waals surface area contributed by atoms with Crippen molar-refractivity contribution in [1.29, 1.82) is 0 Å². The Morgan fingerprint density at radius 1 is 1.09 bits per heavy atom. The van der Waals surface area contributed by atoms with E-state index < -0.39 is 5.60 Å². The van der Waals surface area contributed by atoms with Gasteiger partial charge in [-0.05, 0) is 87.5 Å². The maximum Gasteiger partial charge on any atom is 0.155 e. The Kier molecular flexibility index (Phi) is 3.41. The molecule has 0 aliphatic heterocycles. The lowest BCUT2D eigenvalue weighted by Crippen LogP contribution is -2.55. The summed E-state index contributed by atoms with van der Waals surface area (Å²) in [4.78, 5) is 11.9. The Hall–Kier alpha value is -0.630. The molecule has 0 aromatic rings. The van der Waals surface area contributed by atoms with Crippen molar-refractivity contribution in [2.75, 3.05) is 0 Å². The van der Waals surface area contributed by atoms with Gasteiger partial charge < -0.3 is 5.11 Å². The van der Waals surface area contributed by atoms with Crippen molar-refractivity contribution in [3.63, 3.8) is 0 Å². The van der Waals surface area contributed by atoms with E-state index in [1.165, 1.54) is 31.3 Å². The van der Waals surface area contributed by atoms with Gasteiger partial charge >= 0.3 is 0 Å². The number of rotatable bonds is 1. The molecule has 6 unspecified atom stereocenters. The molecule has 2 nitrogen and oxygen atoms in total. The SMILES string of the molecule is CCC12CCC3C(CCC4=CC(=O)CCC43C)C1CCC2(C)O. The van der Waals surface area contributed by atoms with Crippen LogP contribution in [0.1, 0.15) is 78.6 Å². The first-order valence-corrected chi connectivity index (χ1v) is 9.80. The second kappa shape index (κ2) is 4.94. The fourth-order valence-corrected chi connectivity index (χ4v) is 7.44. The minimum atomic E-state index is -0.475. The van der Waals surface area contributed by atoms with Gasteiger partial charge in [0.25, 0.3) is 0 Å². The van der Waals surface area contributed by atoms with Crippen LogP contribution in [-0.4, -0.2) is 16.5 Å². The average molecular weight is 316 g/mol. The van der Waals surface area contributed by atoms with Crippen molar-refractivity contribution in [1.82, 2.24) is 0 Å². The molecule has 0 bridgehead atoms. The van der Waals surface area contributed by atoms with Crippen molar-refractivity contribution in [2.45, 2.75) is 84.2 Å². The molecule has 4 rings (SSSR count). The monoisotopic (exact) mass is 316 g/mol. The van der Waals surface area contributed by atoms with Crippen LogP contribution in [0, 0.1) is 28.6 Å². The van der Waals surface area contributed by atoms with Gasteiger partial charge in [-0.3, -0.25) is 4.79 Å². The fraction of sp³-hybridized carbons (Fsp3) is 0.857. The molecule has 6 atom stereocenters. The van der Waals surface area contributed by atoms with Crippen molar-refractivity contribution in [2.24, 2.45) is 28.6 Å². The van der Waals surface area contributed by atoms with Crippen LogP contribution in [0.2, 0.25) is 0 Å². The third kappa shape index (κ3) is 1.94. The molecule has 1 N–H and O–H groups in total. The summed E-state index contributed by atoms with van der Waals surface area (Å²) in [5.74, 6) is 2.53. The Morgan fingerprint density at radius 2 is 1.83 bits per heavy atom. The van der Waals surface area contributed by atoms with Crippen molar-refractivity contribution in [3.05, 3.63) is 11.6 Å². The van der Waals surface area contributed by atoms with Gasteiger partial charge in [0, 0.05) is 11.8 Å². The zero-order chi connectivity index (χ0) is 16.5. The number of carbonyl (C=O) groups excluding carboxylic acids is 1. The minimum absolute atomic E-state index is 0.149. The van der Waals surface area contributed by atoms with Crippen LogP contribution in [0.3, 0.4) is 0 Å². The molecule has 23 heavy (non-hydrogen) atoms. The van der Waals surface area contributed by atoms with E-state index in [2.05, 4.69) is 20.8 Å². The number of allylic oxidation sites excluding steroid dienone is 1. The van der Waals surface area contributed by atoms with E-state index in [1.54, 1.807) is 0 Å². The summed E-state index contributed by atoms with van der Waals surface area (Å²) in [7, 11) is 0. The first-order valence-electron chi connectivity index (χ1n) is 9.80. The zero-order valence-electron chi connectivity index (χ0n) is 15.0. The summed E-state index contributed by atoms with van der Waals surface area (Å²) in [6.45, 7) is 6.84. The van der Waals surface area contributed by atoms with Gasteiger partial charge in [0.1, 0.15) is 0 Å². The molecule has 2 heteroatoms. The first-order chi connectivity index (χ1) is 10.8. The van der Waals surface area contributed by atoms with E-state index in [4.69, 9.17) is 0 Å². The minimum Gasteiger partial charge on any atom is -0.390 e. The summed E-state index contributed by atoms with van der Waals surface area (Å²) < 4.78 is 0. The normalized spacial score (nSPS) is 52.4. The van der Waals surface area contributed by atoms with Crippen LogP contribution in [-0.2, 0) is 4.79 Å². The molecule has 4 aliphatic carbocycles. The van der Waals surface area contributed by atoms with Gasteiger partial charge in [0.05, 0.1) is 5.60 Å². The highest BCUT2D eigenvalue weighted by atomic mass is 16.3. The molecule has 3 saturated carbocycles. The molecule has 0 heterocycles. The lowest BCUT2D eigenvalue weighted by Gasteiger charge is -2.59. The summed E-state index contributed by atoms with van der Waals surface area (Å²) in [5, 5.41) is 11.1. The predicted octanol–water partition coefficient (Wildman–Crippen LogP) is 4.66. The average Bonchev–Trinajstić information content (AvgIpc) is 2.80. The highest BCUT2D eigenvalue weighted by Gasteiger charge is 2.63. The zero-order valence-corrected chi connectivity index (χ0v) is 15.0. The van der Waals surface area contributed by atoms with E-state index >= 15 is 0 Å². The van der Waals surface area contributed by atoms with Gasteiger partial charge in [-0.25, -0.2) is 0 Å². The van der Waals surface area contributed by atoms with Crippen LogP contribution in [0.15, 0.2) is 11.6 Å². The largest absolute Gasteiger partial charge is 0.390 e. The first kappa shape index (κ1) is 15.9. The smallest absolute Gasteiger partial charge is 0.155 e. The van der Waals surface area contributed by atoms with E-state index in [0.29, 0.717) is 11.7 Å². The second-order valence-electron chi connectivity index (χ2n) is 9.33. The number of aliphatic hydroxyl groups is 1. The highest BCUT2D eigenvalue weighted by molar-refractivity contribution is 5.91. The van der Waals surface area contributed by atoms with Crippen LogP contribution < -0.4 is 0 Å². The van der Waals surface area contributed by atoms with Gasteiger partial charge in [-0.2, -0.15) is 0 Å². The third-order valence-corrected chi connectivity index (χ3v) is 8.82. The number of hydrogen-bond donors (Lipinski definition) is 1. The van der Waals surface area contributed by atoms with Crippen LogP contribution in [0.25, 0.3) is 0 Å². The van der Waals surface area contributed by atoms with Gasteiger partial charge in [-0.1, -0.05) is 19.4 Å². The molecule has 0 radical (unpaired) electrons. The van der Waals surface area contributed by atoms with Gasteiger partial charge in [0.15, 0.2) is 5.78 Å². The van der Waals surface area contributed by atoms with Crippen molar-refractivity contribution >= 4 is 5.78 Å². The fourth-order valence-electron chi connectivity index (χ4n) is 7.44. The van der Waals surface area contributed by atoms with Crippen LogP contribution in [0.5, 0.6) is 0 Å². The van der Waals surface area contributed by atoms with E-state index in [0.717, 1.165) is 43.9 Å². The summed E-state index contributed by atoms with van der Waals surface area (Å²) in [6.07, 6.45) is 11.9. The molecule has 128 valence electrons. The van der Waals surface area contributed by atoms with Crippen LogP contribution >= 0.6 is 0 Å². The molecular weight excluding hydrogens is 284 g/mol. The van der Waals surface area contributed by atoms with E-state index in [9.17, 15) is 9.90 Å². The van der Waals surface area contributed by atoms with Gasteiger partial charge in [-0.15, -0.1) is 0 Å². The Morgan fingerprint density at radius 3 is 2.57 bits per heavy atom. The number of fused-ring (bicyclic) bond motifs is 5. The Bertz CT molecular complexity index is 560. The van der Waals surface area contributed by atoms with Crippen LogP contribution in [0.4, 0.5) is 0 Å². The highest BCUT2D eigenvalue weighted by Crippen LogP contribution is 2.68. The molecule has 0 aromatic heterocycles. The lowest BCUT2D eigenvalue weighted by molar-refractivity contribution is -0.132. The van der Waals surface area contributed by atoms with Crippen molar-refractivity contribution in [3.8, 4) is 0 Å². The molecular formula is C21H32O2. The topological polar surface area (TPSA) is 37.3 Å². The summed E-state index contributed by atoms with van der Waals surface area (Å²) in [6, 6.07) is 0. The molecule has 0 spiro atoms. The quantitative estimate of drug-likeness (QED) is 0.764. The molecule has 4 aliphatic rings. The molecule has 0 aromatic carbocycles. The maximum absolute atomic E-state index is 11.9. The number of hydrogen-bond acceptors (Lipinski definition) is 2. The maximum atomic E-state index is 11.9.